The monoisotopic (exact) mass is 369 g/mol. The van der Waals surface area contributed by atoms with Gasteiger partial charge in [0.2, 0.25) is 0 Å². The summed E-state index contributed by atoms with van der Waals surface area (Å²) in [6.45, 7) is 6.80. The van der Waals surface area contributed by atoms with E-state index in [-0.39, 0.29) is 12.1 Å². The van der Waals surface area contributed by atoms with E-state index in [2.05, 4.69) is 4.98 Å². The number of aromatic nitrogens is 1. The number of hydrogen-bond acceptors (Lipinski definition) is 5. The van der Waals surface area contributed by atoms with E-state index in [9.17, 15) is 4.79 Å². The zero-order chi connectivity index (χ0) is 19.2. The van der Waals surface area contributed by atoms with Gasteiger partial charge in [0.15, 0.2) is 0 Å². The number of fused-ring (bicyclic) bond motifs is 1. The molecule has 1 atom stereocenters. The molecule has 0 aliphatic heterocycles. The SMILES string of the molecule is CCCC(=O)O[C@H]1CCc2cc(OCCOc3ccc(C)nc3C)ccc21. The molecule has 5 heteroatoms. The van der Waals surface area contributed by atoms with Gasteiger partial charge in [-0.05, 0) is 68.5 Å². The molecule has 0 radical (unpaired) electrons. The first-order valence-electron chi connectivity index (χ1n) is 9.59. The minimum Gasteiger partial charge on any atom is -0.490 e. The molecule has 0 bridgehead atoms. The molecule has 0 saturated heterocycles. The van der Waals surface area contributed by atoms with Crippen molar-refractivity contribution in [2.45, 2.75) is 52.6 Å². The Labute approximate surface area is 160 Å². The van der Waals surface area contributed by atoms with Gasteiger partial charge < -0.3 is 14.2 Å². The highest BCUT2D eigenvalue weighted by molar-refractivity contribution is 5.69. The smallest absolute Gasteiger partial charge is 0.306 e. The molecule has 0 amide bonds. The normalized spacial score (nSPS) is 15.3. The molecule has 1 aliphatic carbocycles. The average Bonchev–Trinajstić information content (AvgIpc) is 3.02. The summed E-state index contributed by atoms with van der Waals surface area (Å²) in [6.07, 6.45) is 2.92. The van der Waals surface area contributed by atoms with Crippen molar-refractivity contribution in [2.75, 3.05) is 13.2 Å². The fourth-order valence-electron chi connectivity index (χ4n) is 3.33. The van der Waals surface area contributed by atoms with Crippen molar-refractivity contribution in [3.8, 4) is 11.5 Å². The van der Waals surface area contributed by atoms with Gasteiger partial charge >= 0.3 is 5.97 Å². The molecule has 3 rings (SSSR count). The zero-order valence-electron chi connectivity index (χ0n) is 16.3. The number of hydrogen-bond donors (Lipinski definition) is 0. The molecular formula is C22H27NO4. The summed E-state index contributed by atoms with van der Waals surface area (Å²) < 4.78 is 17.1. The Morgan fingerprint density at radius 1 is 1.15 bits per heavy atom. The van der Waals surface area contributed by atoms with Crippen LogP contribution in [0.2, 0.25) is 0 Å². The second kappa shape index (κ2) is 8.89. The van der Waals surface area contributed by atoms with Crippen molar-refractivity contribution in [1.29, 1.82) is 0 Å². The lowest BCUT2D eigenvalue weighted by Crippen LogP contribution is -2.10. The number of pyridine rings is 1. The van der Waals surface area contributed by atoms with E-state index < -0.39 is 0 Å². The molecule has 144 valence electrons. The van der Waals surface area contributed by atoms with Crippen LogP contribution in [0.25, 0.3) is 0 Å². The molecule has 2 aromatic rings. The Morgan fingerprint density at radius 2 is 1.96 bits per heavy atom. The number of ether oxygens (including phenoxy) is 3. The number of esters is 1. The minimum atomic E-state index is -0.117. The average molecular weight is 369 g/mol. The lowest BCUT2D eigenvalue weighted by atomic mass is 10.1. The third-order valence-corrected chi connectivity index (χ3v) is 4.65. The number of benzene rings is 1. The second-order valence-corrected chi connectivity index (χ2v) is 6.86. The number of nitrogens with zero attached hydrogens (tertiary/aromatic N) is 1. The minimum absolute atomic E-state index is 0.117. The fraction of sp³-hybridized carbons (Fsp3) is 0.455. The highest BCUT2D eigenvalue weighted by Crippen LogP contribution is 2.36. The van der Waals surface area contributed by atoms with Gasteiger partial charge in [-0.15, -0.1) is 0 Å². The Morgan fingerprint density at radius 3 is 2.74 bits per heavy atom. The Kier molecular flexibility index (Phi) is 6.32. The maximum absolute atomic E-state index is 11.7. The van der Waals surface area contributed by atoms with Crippen molar-refractivity contribution in [1.82, 2.24) is 4.98 Å². The molecular weight excluding hydrogens is 342 g/mol. The highest BCUT2D eigenvalue weighted by atomic mass is 16.5. The largest absolute Gasteiger partial charge is 0.490 e. The maximum atomic E-state index is 11.7. The molecule has 1 aromatic heterocycles. The second-order valence-electron chi connectivity index (χ2n) is 6.86. The van der Waals surface area contributed by atoms with Crippen LogP contribution in [0.4, 0.5) is 0 Å². The van der Waals surface area contributed by atoms with Crippen LogP contribution in [-0.4, -0.2) is 24.2 Å². The lowest BCUT2D eigenvalue weighted by molar-refractivity contribution is -0.149. The van der Waals surface area contributed by atoms with Gasteiger partial charge in [0, 0.05) is 12.1 Å². The van der Waals surface area contributed by atoms with Crippen LogP contribution < -0.4 is 9.47 Å². The molecule has 0 saturated carbocycles. The van der Waals surface area contributed by atoms with Gasteiger partial charge in [0.05, 0.1) is 5.69 Å². The summed E-state index contributed by atoms with van der Waals surface area (Å²) in [6, 6.07) is 9.86. The van der Waals surface area contributed by atoms with Crippen LogP contribution in [0.5, 0.6) is 11.5 Å². The summed E-state index contributed by atoms with van der Waals surface area (Å²) in [5, 5.41) is 0. The number of carbonyl (C=O) groups excluding carboxylic acids is 1. The topological polar surface area (TPSA) is 57.7 Å². The molecule has 0 unspecified atom stereocenters. The summed E-state index contributed by atoms with van der Waals surface area (Å²) in [5.41, 5.74) is 4.16. The third kappa shape index (κ3) is 5.00. The van der Waals surface area contributed by atoms with E-state index in [4.69, 9.17) is 14.2 Å². The van der Waals surface area contributed by atoms with E-state index in [0.29, 0.717) is 19.6 Å². The predicted octanol–water partition coefficient (Wildman–Crippen LogP) is 4.49. The van der Waals surface area contributed by atoms with Crippen molar-refractivity contribution in [3.63, 3.8) is 0 Å². The van der Waals surface area contributed by atoms with E-state index in [1.807, 2.05) is 51.1 Å². The Hall–Kier alpha value is -2.56. The zero-order valence-corrected chi connectivity index (χ0v) is 16.3. The van der Waals surface area contributed by atoms with Crippen LogP contribution in [0.3, 0.4) is 0 Å². The molecule has 1 heterocycles. The van der Waals surface area contributed by atoms with E-state index >= 15 is 0 Å². The van der Waals surface area contributed by atoms with Gasteiger partial charge in [0.25, 0.3) is 0 Å². The molecule has 5 nitrogen and oxygen atoms in total. The molecule has 1 aromatic carbocycles. The molecule has 0 spiro atoms. The van der Waals surface area contributed by atoms with Crippen LogP contribution >= 0.6 is 0 Å². The van der Waals surface area contributed by atoms with Gasteiger partial charge in [-0.2, -0.15) is 0 Å². The van der Waals surface area contributed by atoms with E-state index in [1.54, 1.807) is 0 Å². The Balaban J connectivity index is 1.50. The predicted molar refractivity (Wildman–Crippen MR) is 103 cm³/mol. The van der Waals surface area contributed by atoms with Crippen LogP contribution in [-0.2, 0) is 16.0 Å². The number of rotatable bonds is 8. The van der Waals surface area contributed by atoms with Crippen molar-refractivity contribution < 1.29 is 19.0 Å². The first-order chi connectivity index (χ1) is 13.1. The van der Waals surface area contributed by atoms with Gasteiger partial charge in [-0.25, -0.2) is 0 Å². The lowest BCUT2D eigenvalue weighted by Gasteiger charge is -2.14. The molecule has 0 N–H and O–H groups in total. The fourth-order valence-corrected chi connectivity index (χ4v) is 3.33. The van der Waals surface area contributed by atoms with Crippen LogP contribution in [0.1, 0.15) is 54.8 Å². The van der Waals surface area contributed by atoms with Crippen molar-refractivity contribution in [2.24, 2.45) is 0 Å². The summed E-state index contributed by atoms with van der Waals surface area (Å²) in [5.74, 6) is 1.49. The quantitative estimate of drug-likeness (QED) is 0.507. The standard InChI is InChI=1S/C22H27NO4/c1-4-5-22(24)27-21-11-7-17-14-18(8-9-19(17)21)25-12-13-26-20-10-6-15(2)23-16(20)3/h6,8-10,14,21H,4-5,7,11-13H2,1-3H3/t21-/m0/s1. The Bertz CT molecular complexity index is 803. The van der Waals surface area contributed by atoms with Gasteiger partial charge in [-0.1, -0.05) is 13.0 Å². The van der Waals surface area contributed by atoms with Crippen LogP contribution in [0.15, 0.2) is 30.3 Å². The van der Waals surface area contributed by atoms with Gasteiger partial charge in [0.1, 0.15) is 30.8 Å². The molecule has 1 aliphatic rings. The molecule has 0 fully saturated rings. The van der Waals surface area contributed by atoms with E-state index in [0.717, 1.165) is 47.7 Å². The number of aryl methyl sites for hydroxylation is 3. The highest BCUT2D eigenvalue weighted by Gasteiger charge is 2.25. The summed E-state index contributed by atoms with van der Waals surface area (Å²) >= 11 is 0. The van der Waals surface area contributed by atoms with Crippen LogP contribution in [0, 0.1) is 13.8 Å². The van der Waals surface area contributed by atoms with Crippen molar-refractivity contribution >= 4 is 5.97 Å². The van der Waals surface area contributed by atoms with Gasteiger partial charge in [-0.3, -0.25) is 9.78 Å². The van der Waals surface area contributed by atoms with E-state index in [1.165, 1.54) is 5.56 Å². The first kappa shape index (κ1) is 19.2. The molecule has 27 heavy (non-hydrogen) atoms. The summed E-state index contributed by atoms with van der Waals surface area (Å²) in [4.78, 5) is 16.1. The van der Waals surface area contributed by atoms with Crippen molar-refractivity contribution in [3.05, 3.63) is 52.8 Å². The summed E-state index contributed by atoms with van der Waals surface area (Å²) in [7, 11) is 0. The third-order valence-electron chi connectivity index (χ3n) is 4.65. The first-order valence-corrected chi connectivity index (χ1v) is 9.59. The maximum Gasteiger partial charge on any atom is 0.306 e. The number of carbonyl (C=O) groups is 1.